The average Bonchev–Trinajstić information content (AvgIpc) is 3.14. The van der Waals surface area contributed by atoms with Gasteiger partial charge in [-0.3, -0.25) is 0 Å². The van der Waals surface area contributed by atoms with Crippen molar-refractivity contribution in [1.29, 1.82) is 0 Å². The fourth-order valence-corrected chi connectivity index (χ4v) is 2.86. The quantitative estimate of drug-likeness (QED) is 0.640. The van der Waals surface area contributed by atoms with Gasteiger partial charge in [0.05, 0.1) is 12.1 Å². The van der Waals surface area contributed by atoms with Crippen LogP contribution >= 0.6 is 0 Å². The maximum absolute atomic E-state index is 9.82. The molecule has 2 fully saturated rings. The molecule has 17 heavy (non-hydrogen) atoms. The van der Waals surface area contributed by atoms with Crippen LogP contribution in [0.2, 0.25) is 0 Å². The molecule has 0 heterocycles. The highest BCUT2D eigenvalue weighted by Gasteiger charge is 2.45. The molecule has 0 aromatic heterocycles. The van der Waals surface area contributed by atoms with Gasteiger partial charge in [0.1, 0.15) is 0 Å². The predicted molar refractivity (Wildman–Crippen MR) is 71.1 cm³/mol. The second-order valence-electron chi connectivity index (χ2n) is 6.16. The molecule has 0 spiro atoms. The molecule has 0 aliphatic heterocycles. The van der Waals surface area contributed by atoms with Gasteiger partial charge in [-0.25, -0.2) is 0 Å². The summed E-state index contributed by atoms with van der Waals surface area (Å²) in [5, 5.41) is 13.5. The topological polar surface area (TPSA) is 35.5 Å². The van der Waals surface area contributed by atoms with Gasteiger partial charge in [0, 0.05) is 13.1 Å². The monoisotopic (exact) mass is 240 g/mol. The molecular formula is C14H28N2O. The summed E-state index contributed by atoms with van der Waals surface area (Å²) in [6, 6.07) is 0. The van der Waals surface area contributed by atoms with Gasteiger partial charge in [-0.15, -0.1) is 0 Å². The van der Waals surface area contributed by atoms with E-state index in [-0.39, 0.29) is 12.1 Å². The first-order chi connectivity index (χ1) is 8.20. The Morgan fingerprint density at radius 1 is 1.29 bits per heavy atom. The number of aliphatic hydroxyl groups is 1. The van der Waals surface area contributed by atoms with Gasteiger partial charge in [0.15, 0.2) is 0 Å². The van der Waals surface area contributed by atoms with Gasteiger partial charge in [-0.2, -0.15) is 0 Å². The number of rotatable bonds is 9. The highest BCUT2D eigenvalue weighted by Crippen LogP contribution is 2.40. The van der Waals surface area contributed by atoms with Crippen molar-refractivity contribution >= 4 is 0 Å². The van der Waals surface area contributed by atoms with Gasteiger partial charge in [-0.1, -0.05) is 6.92 Å². The van der Waals surface area contributed by atoms with Gasteiger partial charge in [0.2, 0.25) is 0 Å². The predicted octanol–water partition coefficient (Wildman–Crippen LogP) is 1.47. The third-order valence-corrected chi connectivity index (χ3v) is 4.19. The first-order valence-corrected chi connectivity index (χ1v) is 7.24. The van der Waals surface area contributed by atoms with Crippen LogP contribution in [0.5, 0.6) is 0 Å². The minimum Gasteiger partial charge on any atom is -0.394 e. The molecule has 0 aromatic rings. The van der Waals surface area contributed by atoms with E-state index in [2.05, 4.69) is 24.2 Å². The van der Waals surface area contributed by atoms with E-state index in [4.69, 9.17) is 0 Å². The Morgan fingerprint density at radius 2 is 2.00 bits per heavy atom. The van der Waals surface area contributed by atoms with Crippen molar-refractivity contribution in [2.75, 3.05) is 33.3 Å². The van der Waals surface area contributed by atoms with Crippen LogP contribution in [0.25, 0.3) is 0 Å². The van der Waals surface area contributed by atoms with Gasteiger partial charge in [-0.05, 0) is 57.5 Å². The molecule has 3 nitrogen and oxygen atoms in total. The van der Waals surface area contributed by atoms with Gasteiger partial charge in [0.25, 0.3) is 0 Å². The Bertz CT molecular complexity index is 238. The first kappa shape index (κ1) is 13.3. The molecule has 1 atom stereocenters. The van der Waals surface area contributed by atoms with Crippen molar-refractivity contribution in [3.05, 3.63) is 0 Å². The molecule has 100 valence electrons. The van der Waals surface area contributed by atoms with Crippen LogP contribution < -0.4 is 5.32 Å². The summed E-state index contributed by atoms with van der Waals surface area (Å²) in [4.78, 5) is 2.43. The Kier molecular flexibility index (Phi) is 4.45. The van der Waals surface area contributed by atoms with Crippen molar-refractivity contribution in [3.8, 4) is 0 Å². The molecular weight excluding hydrogens is 212 g/mol. The van der Waals surface area contributed by atoms with E-state index in [1.54, 1.807) is 0 Å². The van der Waals surface area contributed by atoms with Crippen LogP contribution in [0.4, 0.5) is 0 Å². The zero-order valence-electron chi connectivity index (χ0n) is 11.4. The highest BCUT2D eigenvalue weighted by molar-refractivity contribution is 5.02. The van der Waals surface area contributed by atoms with E-state index >= 15 is 0 Å². The minimum atomic E-state index is -0.0281. The van der Waals surface area contributed by atoms with E-state index in [0.717, 1.165) is 25.4 Å². The molecule has 2 rings (SSSR count). The highest BCUT2D eigenvalue weighted by atomic mass is 16.3. The third-order valence-electron chi connectivity index (χ3n) is 4.19. The van der Waals surface area contributed by atoms with Gasteiger partial charge >= 0.3 is 0 Å². The average molecular weight is 240 g/mol. The molecule has 0 radical (unpaired) electrons. The van der Waals surface area contributed by atoms with E-state index in [0.29, 0.717) is 5.92 Å². The summed E-state index contributed by atoms with van der Waals surface area (Å²) in [6.07, 6.45) is 6.52. The number of likely N-dealkylation sites (N-methyl/N-ethyl adjacent to an activating group) is 1. The molecule has 2 aliphatic rings. The largest absolute Gasteiger partial charge is 0.394 e. The number of hydrogen-bond donors (Lipinski definition) is 2. The van der Waals surface area contributed by atoms with E-state index in [1.165, 1.54) is 32.2 Å². The fraction of sp³-hybridized carbons (Fsp3) is 1.00. The standard InChI is InChI=1S/C14H28N2O/c1-3-8-15-14(11-17,13-6-7-13)10-16(2)9-12-4-5-12/h12-13,15,17H,3-11H2,1-2H3. The molecule has 0 bridgehead atoms. The van der Waals surface area contributed by atoms with E-state index in [9.17, 15) is 5.11 Å². The summed E-state index contributed by atoms with van der Waals surface area (Å²) < 4.78 is 0. The van der Waals surface area contributed by atoms with Crippen molar-refractivity contribution in [3.63, 3.8) is 0 Å². The maximum atomic E-state index is 9.82. The van der Waals surface area contributed by atoms with E-state index < -0.39 is 0 Å². The number of nitrogens with one attached hydrogen (secondary N) is 1. The smallest absolute Gasteiger partial charge is 0.0628 e. The SMILES string of the molecule is CCCNC(CO)(CN(C)CC1CC1)C1CC1. The number of hydrogen-bond acceptors (Lipinski definition) is 3. The van der Waals surface area contributed by atoms with Gasteiger partial charge < -0.3 is 15.3 Å². The zero-order valence-corrected chi connectivity index (χ0v) is 11.4. The Labute approximate surface area is 106 Å². The molecule has 2 N–H and O–H groups in total. The lowest BCUT2D eigenvalue weighted by atomic mass is 9.93. The van der Waals surface area contributed by atoms with Crippen LogP contribution in [-0.4, -0.2) is 48.8 Å². The molecule has 0 aromatic carbocycles. The van der Waals surface area contributed by atoms with Crippen LogP contribution in [0, 0.1) is 11.8 Å². The summed E-state index contributed by atoms with van der Waals surface area (Å²) >= 11 is 0. The number of nitrogens with zero attached hydrogens (tertiary/aromatic N) is 1. The molecule has 1 unspecified atom stereocenters. The lowest BCUT2D eigenvalue weighted by molar-refractivity contribution is 0.0992. The van der Waals surface area contributed by atoms with Crippen LogP contribution in [0.1, 0.15) is 39.0 Å². The minimum absolute atomic E-state index is 0.0281. The zero-order chi connectivity index (χ0) is 12.3. The molecule has 0 amide bonds. The van der Waals surface area contributed by atoms with Crippen molar-refractivity contribution in [2.24, 2.45) is 11.8 Å². The summed E-state index contributed by atoms with van der Waals surface area (Å²) in [6.45, 7) is 5.71. The number of aliphatic hydroxyl groups excluding tert-OH is 1. The van der Waals surface area contributed by atoms with Crippen LogP contribution in [-0.2, 0) is 0 Å². The summed E-state index contributed by atoms with van der Waals surface area (Å²) in [5.41, 5.74) is -0.0281. The van der Waals surface area contributed by atoms with Crippen molar-refractivity contribution in [1.82, 2.24) is 10.2 Å². The Hall–Kier alpha value is -0.120. The van der Waals surface area contributed by atoms with Crippen molar-refractivity contribution < 1.29 is 5.11 Å². The van der Waals surface area contributed by atoms with Crippen molar-refractivity contribution in [2.45, 2.75) is 44.6 Å². The lowest BCUT2D eigenvalue weighted by Gasteiger charge is -2.37. The fourth-order valence-electron chi connectivity index (χ4n) is 2.86. The normalized spacial score (nSPS) is 24.0. The molecule has 2 saturated carbocycles. The summed E-state index contributed by atoms with van der Waals surface area (Å²) in [7, 11) is 2.21. The lowest BCUT2D eigenvalue weighted by Crippen LogP contribution is -2.57. The third kappa shape index (κ3) is 3.67. The second kappa shape index (κ2) is 5.68. The molecule has 0 saturated heterocycles. The van der Waals surface area contributed by atoms with E-state index in [1.807, 2.05) is 0 Å². The Balaban J connectivity index is 1.87. The first-order valence-electron chi connectivity index (χ1n) is 7.24. The van der Waals surface area contributed by atoms with Crippen LogP contribution in [0.15, 0.2) is 0 Å². The van der Waals surface area contributed by atoms with Crippen LogP contribution in [0.3, 0.4) is 0 Å². The Morgan fingerprint density at radius 3 is 2.47 bits per heavy atom. The molecule has 3 heteroatoms. The molecule has 2 aliphatic carbocycles. The summed E-state index contributed by atoms with van der Waals surface area (Å²) in [5.74, 6) is 1.63. The maximum Gasteiger partial charge on any atom is 0.0628 e. The second-order valence-corrected chi connectivity index (χ2v) is 6.16.